The third kappa shape index (κ3) is 4.58. The molecule has 0 radical (unpaired) electrons. The molecule has 0 saturated carbocycles. The Balaban J connectivity index is 2.26. The molecular weight excluding hydrogens is 281 g/mol. The van der Waals surface area contributed by atoms with Crippen LogP contribution in [0.3, 0.4) is 0 Å². The summed E-state index contributed by atoms with van der Waals surface area (Å²) in [5.74, 6) is 0.884. The van der Waals surface area contributed by atoms with Crippen LogP contribution in [0, 0.1) is 5.82 Å². The molecule has 1 nitrogen and oxygen atoms in total. The van der Waals surface area contributed by atoms with E-state index in [-0.39, 0.29) is 11.9 Å². The monoisotopic (exact) mass is 303 g/mol. The minimum absolute atomic E-state index is 0.0429. The number of benzene rings is 2. The quantitative estimate of drug-likeness (QED) is 0.720. The van der Waals surface area contributed by atoms with Crippen LogP contribution in [0.25, 0.3) is 0 Å². The van der Waals surface area contributed by atoms with Crippen molar-refractivity contribution in [3.8, 4) is 0 Å². The lowest BCUT2D eigenvalue weighted by molar-refractivity contribution is 0.585. The summed E-state index contributed by atoms with van der Waals surface area (Å²) in [6, 6.07) is 15.4. The first-order chi connectivity index (χ1) is 10.2. The Labute approximate surface area is 131 Å². The standard InChI is InChI=1S/C18H22FNS/c1-3-12-20-18(15-6-5-7-16(19)13-15)14-8-10-17(11-9-14)21-4-2/h5-11,13,18,20H,3-4,12H2,1-2H3. The number of thioether (sulfide) groups is 1. The summed E-state index contributed by atoms with van der Waals surface area (Å²) in [6.45, 7) is 5.19. The van der Waals surface area contributed by atoms with Crippen LogP contribution < -0.4 is 5.32 Å². The Hall–Kier alpha value is -1.32. The maximum Gasteiger partial charge on any atom is 0.123 e. The van der Waals surface area contributed by atoms with Crippen LogP contribution in [0.5, 0.6) is 0 Å². The van der Waals surface area contributed by atoms with Gasteiger partial charge in [-0.15, -0.1) is 11.8 Å². The van der Waals surface area contributed by atoms with E-state index in [9.17, 15) is 4.39 Å². The molecule has 0 saturated heterocycles. The summed E-state index contributed by atoms with van der Waals surface area (Å²) in [7, 11) is 0. The van der Waals surface area contributed by atoms with E-state index in [1.807, 2.05) is 17.8 Å². The largest absolute Gasteiger partial charge is 0.306 e. The molecule has 3 heteroatoms. The maximum absolute atomic E-state index is 13.5. The molecule has 0 fully saturated rings. The zero-order valence-corrected chi connectivity index (χ0v) is 13.4. The van der Waals surface area contributed by atoms with E-state index in [2.05, 4.69) is 43.4 Å². The van der Waals surface area contributed by atoms with Gasteiger partial charge in [-0.3, -0.25) is 0 Å². The molecule has 2 rings (SSSR count). The van der Waals surface area contributed by atoms with Crippen LogP contribution in [0.4, 0.5) is 4.39 Å². The SMILES string of the molecule is CCCNC(c1ccc(SCC)cc1)c1cccc(F)c1. The van der Waals surface area contributed by atoms with Gasteiger partial charge in [0, 0.05) is 4.90 Å². The van der Waals surface area contributed by atoms with Crippen LogP contribution in [-0.4, -0.2) is 12.3 Å². The minimum Gasteiger partial charge on any atom is -0.306 e. The van der Waals surface area contributed by atoms with Crippen molar-refractivity contribution < 1.29 is 4.39 Å². The maximum atomic E-state index is 13.5. The lowest BCUT2D eigenvalue weighted by Gasteiger charge is -2.20. The third-order valence-electron chi connectivity index (χ3n) is 3.30. The highest BCUT2D eigenvalue weighted by Crippen LogP contribution is 2.25. The van der Waals surface area contributed by atoms with E-state index in [0.29, 0.717) is 0 Å². The summed E-state index contributed by atoms with van der Waals surface area (Å²) < 4.78 is 13.5. The third-order valence-corrected chi connectivity index (χ3v) is 4.20. The predicted octanol–water partition coefficient (Wildman–Crippen LogP) is 5.03. The molecule has 1 unspecified atom stereocenters. The van der Waals surface area contributed by atoms with Gasteiger partial charge in [0.2, 0.25) is 0 Å². The summed E-state index contributed by atoms with van der Waals surface area (Å²) >= 11 is 1.83. The molecule has 2 aromatic carbocycles. The molecule has 0 amide bonds. The summed E-state index contributed by atoms with van der Waals surface area (Å²) in [4.78, 5) is 1.27. The number of nitrogens with one attached hydrogen (secondary N) is 1. The first-order valence-electron chi connectivity index (χ1n) is 7.46. The van der Waals surface area contributed by atoms with Crippen molar-refractivity contribution in [3.05, 3.63) is 65.5 Å². The van der Waals surface area contributed by atoms with E-state index >= 15 is 0 Å². The Morgan fingerprint density at radius 2 is 1.81 bits per heavy atom. The average Bonchev–Trinajstić information content (AvgIpc) is 2.50. The fourth-order valence-electron chi connectivity index (χ4n) is 2.33. The van der Waals surface area contributed by atoms with Gasteiger partial charge in [-0.05, 0) is 54.1 Å². The number of rotatable bonds is 7. The molecule has 0 aliphatic carbocycles. The molecule has 0 bridgehead atoms. The molecule has 0 aliphatic heterocycles. The van der Waals surface area contributed by atoms with Crippen molar-refractivity contribution in [2.24, 2.45) is 0 Å². The van der Waals surface area contributed by atoms with Crippen molar-refractivity contribution in [1.82, 2.24) is 5.32 Å². The van der Waals surface area contributed by atoms with Crippen LogP contribution in [0.1, 0.15) is 37.4 Å². The lowest BCUT2D eigenvalue weighted by atomic mass is 9.98. The lowest BCUT2D eigenvalue weighted by Crippen LogP contribution is -2.23. The smallest absolute Gasteiger partial charge is 0.123 e. The molecule has 1 atom stereocenters. The zero-order chi connectivity index (χ0) is 15.1. The average molecular weight is 303 g/mol. The Morgan fingerprint density at radius 1 is 1.05 bits per heavy atom. The van der Waals surface area contributed by atoms with Crippen molar-refractivity contribution in [1.29, 1.82) is 0 Å². The van der Waals surface area contributed by atoms with Gasteiger partial charge in [-0.2, -0.15) is 0 Å². The molecule has 0 spiro atoms. The van der Waals surface area contributed by atoms with E-state index in [1.54, 1.807) is 12.1 Å². The van der Waals surface area contributed by atoms with Gasteiger partial charge in [0.1, 0.15) is 5.82 Å². The number of hydrogen-bond donors (Lipinski definition) is 1. The fourth-order valence-corrected chi connectivity index (χ4v) is 2.99. The summed E-state index contributed by atoms with van der Waals surface area (Å²) in [6.07, 6.45) is 1.05. The number of halogens is 1. The van der Waals surface area contributed by atoms with E-state index in [1.165, 1.54) is 16.5 Å². The summed E-state index contributed by atoms with van der Waals surface area (Å²) in [5.41, 5.74) is 2.15. The first kappa shape index (κ1) is 16.1. The van der Waals surface area contributed by atoms with Gasteiger partial charge in [0.05, 0.1) is 6.04 Å². The molecule has 0 aliphatic rings. The van der Waals surface area contributed by atoms with E-state index in [0.717, 1.165) is 24.3 Å². The Kier molecular flexibility index (Phi) is 6.27. The highest BCUT2D eigenvalue weighted by molar-refractivity contribution is 7.99. The van der Waals surface area contributed by atoms with Crippen LogP contribution in [0.15, 0.2) is 53.4 Å². The van der Waals surface area contributed by atoms with Crippen LogP contribution in [0.2, 0.25) is 0 Å². The topological polar surface area (TPSA) is 12.0 Å². The second kappa shape index (κ2) is 8.20. The van der Waals surface area contributed by atoms with Crippen LogP contribution >= 0.6 is 11.8 Å². The second-order valence-corrected chi connectivity index (χ2v) is 6.28. The highest BCUT2D eigenvalue weighted by atomic mass is 32.2. The van der Waals surface area contributed by atoms with Gasteiger partial charge in [-0.1, -0.05) is 38.1 Å². The predicted molar refractivity (Wildman–Crippen MR) is 89.4 cm³/mol. The molecule has 2 aromatic rings. The first-order valence-corrected chi connectivity index (χ1v) is 8.44. The Bertz CT molecular complexity index is 553. The molecule has 0 aromatic heterocycles. The van der Waals surface area contributed by atoms with Crippen molar-refractivity contribution in [2.75, 3.05) is 12.3 Å². The molecule has 112 valence electrons. The summed E-state index contributed by atoms with van der Waals surface area (Å²) in [5, 5.41) is 3.51. The fraction of sp³-hybridized carbons (Fsp3) is 0.333. The van der Waals surface area contributed by atoms with E-state index < -0.39 is 0 Å². The van der Waals surface area contributed by atoms with Crippen molar-refractivity contribution >= 4 is 11.8 Å². The Morgan fingerprint density at radius 3 is 2.43 bits per heavy atom. The van der Waals surface area contributed by atoms with E-state index in [4.69, 9.17) is 0 Å². The molecule has 0 heterocycles. The van der Waals surface area contributed by atoms with Gasteiger partial charge in [-0.25, -0.2) is 4.39 Å². The van der Waals surface area contributed by atoms with Gasteiger partial charge in [0.25, 0.3) is 0 Å². The zero-order valence-electron chi connectivity index (χ0n) is 12.6. The van der Waals surface area contributed by atoms with Gasteiger partial charge < -0.3 is 5.32 Å². The molecule has 21 heavy (non-hydrogen) atoms. The van der Waals surface area contributed by atoms with Crippen LogP contribution in [-0.2, 0) is 0 Å². The molecule has 1 N–H and O–H groups in total. The highest BCUT2D eigenvalue weighted by Gasteiger charge is 2.13. The van der Waals surface area contributed by atoms with Crippen molar-refractivity contribution in [3.63, 3.8) is 0 Å². The van der Waals surface area contributed by atoms with Gasteiger partial charge in [0.15, 0.2) is 0 Å². The second-order valence-electron chi connectivity index (χ2n) is 4.94. The van der Waals surface area contributed by atoms with Gasteiger partial charge >= 0.3 is 0 Å². The van der Waals surface area contributed by atoms with Crippen molar-refractivity contribution in [2.45, 2.75) is 31.2 Å². The molecular formula is C18H22FNS. The normalized spacial score (nSPS) is 12.3. The minimum atomic E-state index is -0.186. The number of hydrogen-bond acceptors (Lipinski definition) is 2.